The highest BCUT2D eigenvalue weighted by molar-refractivity contribution is 6.32. The molecule has 37 heavy (non-hydrogen) atoms. The minimum Gasteiger partial charge on any atom is -0.490 e. The van der Waals surface area contributed by atoms with Gasteiger partial charge in [0.05, 0.1) is 11.6 Å². The number of aryl methyl sites for hydroxylation is 1. The molecule has 0 fully saturated rings. The quantitative estimate of drug-likeness (QED) is 0.185. The van der Waals surface area contributed by atoms with Gasteiger partial charge in [-0.25, -0.2) is 0 Å². The topological polar surface area (TPSA) is 71.3 Å². The molecule has 0 saturated heterocycles. The molecule has 0 aliphatic carbocycles. The van der Waals surface area contributed by atoms with Crippen LogP contribution in [0.3, 0.4) is 0 Å². The van der Waals surface area contributed by atoms with Crippen LogP contribution in [0.4, 0.5) is 5.69 Å². The molecule has 1 N–H and O–H groups in total. The number of amides is 1. The minimum atomic E-state index is -0.562. The van der Waals surface area contributed by atoms with E-state index in [1.54, 1.807) is 30.3 Å². The standard InChI is InChI=1S/C30H24Cl2N2O3/c1-3-36-28-15-21(13-24(17-33)30(35)34-25-11-8-19(2)26(31)16-25)14-27(32)29(28)37-18-20-9-10-22-6-4-5-7-23(22)12-20/h4-16H,3,18H2,1-2H3,(H,34,35)/b24-13-. The Morgan fingerprint density at radius 3 is 2.49 bits per heavy atom. The Balaban J connectivity index is 1.56. The van der Waals surface area contributed by atoms with Gasteiger partial charge in [0.25, 0.3) is 5.91 Å². The van der Waals surface area contributed by atoms with Crippen molar-refractivity contribution in [1.29, 1.82) is 5.26 Å². The van der Waals surface area contributed by atoms with Crippen molar-refractivity contribution in [3.63, 3.8) is 0 Å². The summed E-state index contributed by atoms with van der Waals surface area (Å²) < 4.78 is 11.8. The molecule has 4 rings (SSSR count). The van der Waals surface area contributed by atoms with E-state index in [1.165, 1.54) is 6.08 Å². The molecule has 0 aromatic heterocycles. The van der Waals surface area contributed by atoms with Gasteiger partial charge in [0.1, 0.15) is 18.2 Å². The van der Waals surface area contributed by atoms with Crippen LogP contribution in [-0.2, 0) is 11.4 Å². The van der Waals surface area contributed by atoms with Crippen molar-refractivity contribution < 1.29 is 14.3 Å². The van der Waals surface area contributed by atoms with Crippen LogP contribution in [0.5, 0.6) is 11.5 Å². The highest BCUT2D eigenvalue weighted by Crippen LogP contribution is 2.38. The lowest BCUT2D eigenvalue weighted by atomic mass is 10.1. The number of carbonyl (C=O) groups excluding carboxylic acids is 1. The molecule has 4 aromatic rings. The number of anilines is 1. The van der Waals surface area contributed by atoms with Crippen molar-refractivity contribution in [2.75, 3.05) is 11.9 Å². The van der Waals surface area contributed by atoms with Gasteiger partial charge >= 0.3 is 0 Å². The number of rotatable bonds is 8. The van der Waals surface area contributed by atoms with Gasteiger partial charge in [-0.15, -0.1) is 0 Å². The predicted molar refractivity (Wildman–Crippen MR) is 149 cm³/mol. The first-order valence-corrected chi connectivity index (χ1v) is 12.4. The fourth-order valence-electron chi connectivity index (χ4n) is 3.74. The number of halogens is 2. The van der Waals surface area contributed by atoms with Gasteiger partial charge in [-0.3, -0.25) is 4.79 Å². The Labute approximate surface area is 225 Å². The molecular weight excluding hydrogens is 507 g/mol. The van der Waals surface area contributed by atoms with Crippen LogP contribution in [0.25, 0.3) is 16.8 Å². The molecule has 0 unspecified atom stereocenters. The third kappa shape index (κ3) is 6.42. The SMILES string of the molecule is CCOc1cc(/C=C(/C#N)C(=O)Nc2ccc(C)c(Cl)c2)cc(Cl)c1OCc1ccc2ccccc2c1. The van der Waals surface area contributed by atoms with E-state index in [2.05, 4.69) is 23.5 Å². The molecule has 186 valence electrons. The fourth-order valence-corrected chi connectivity index (χ4v) is 4.20. The number of carbonyl (C=O) groups is 1. The number of ether oxygens (including phenoxy) is 2. The van der Waals surface area contributed by atoms with E-state index in [4.69, 9.17) is 32.7 Å². The third-order valence-electron chi connectivity index (χ3n) is 5.63. The van der Waals surface area contributed by atoms with Crippen LogP contribution in [0.1, 0.15) is 23.6 Å². The molecule has 0 aliphatic heterocycles. The summed E-state index contributed by atoms with van der Waals surface area (Å²) in [5.74, 6) is 0.254. The van der Waals surface area contributed by atoms with E-state index < -0.39 is 5.91 Å². The number of benzene rings is 4. The molecule has 0 atom stereocenters. The normalized spacial score (nSPS) is 11.2. The maximum atomic E-state index is 12.7. The number of hydrogen-bond acceptors (Lipinski definition) is 4. The summed E-state index contributed by atoms with van der Waals surface area (Å²) in [4.78, 5) is 12.7. The number of hydrogen-bond donors (Lipinski definition) is 1. The summed E-state index contributed by atoms with van der Waals surface area (Å²) in [5.41, 5.74) is 2.80. The first-order valence-electron chi connectivity index (χ1n) is 11.6. The molecule has 0 heterocycles. The molecule has 0 bridgehead atoms. The summed E-state index contributed by atoms with van der Waals surface area (Å²) >= 11 is 12.7. The van der Waals surface area contributed by atoms with Crippen LogP contribution in [0.2, 0.25) is 10.0 Å². The summed E-state index contributed by atoms with van der Waals surface area (Å²) in [6, 6.07) is 24.6. The Kier molecular flexibility index (Phi) is 8.35. The van der Waals surface area contributed by atoms with Crippen LogP contribution >= 0.6 is 23.2 Å². The molecule has 0 spiro atoms. The molecule has 4 aromatic carbocycles. The molecule has 0 radical (unpaired) electrons. The molecule has 0 saturated carbocycles. The van der Waals surface area contributed by atoms with Gasteiger partial charge in [0.15, 0.2) is 11.5 Å². The van der Waals surface area contributed by atoms with Gasteiger partial charge in [-0.05, 0) is 77.7 Å². The van der Waals surface area contributed by atoms with E-state index in [0.717, 1.165) is 21.9 Å². The van der Waals surface area contributed by atoms with Crippen molar-refractivity contribution in [3.05, 3.63) is 105 Å². The Morgan fingerprint density at radius 1 is 0.973 bits per heavy atom. The maximum Gasteiger partial charge on any atom is 0.266 e. The predicted octanol–water partition coefficient (Wildman–Crippen LogP) is 7.98. The molecule has 0 aliphatic rings. The van der Waals surface area contributed by atoms with Gasteiger partial charge in [-0.2, -0.15) is 5.26 Å². The summed E-state index contributed by atoms with van der Waals surface area (Å²) in [6.07, 6.45) is 1.45. The van der Waals surface area contributed by atoms with Crippen molar-refractivity contribution in [2.45, 2.75) is 20.5 Å². The van der Waals surface area contributed by atoms with Crippen molar-refractivity contribution in [3.8, 4) is 17.6 Å². The van der Waals surface area contributed by atoms with Crippen LogP contribution in [0, 0.1) is 18.3 Å². The Bertz CT molecular complexity index is 1540. The number of nitrogens with one attached hydrogen (secondary N) is 1. The largest absolute Gasteiger partial charge is 0.490 e. The first-order chi connectivity index (χ1) is 17.9. The second-order valence-corrected chi connectivity index (χ2v) is 9.14. The lowest BCUT2D eigenvalue weighted by Crippen LogP contribution is -2.13. The highest BCUT2D eigenvalue weighted by atomic mass is 35.5. The zero-order valence-corrected chi connectivity index (χ0v) is 21.9. The Hall–Kier alpha value is -3.98. The van der Waals surface area contributed by atoms with Crippen molar-refractivity contribution in [2.24, 2.45) is 0 Å². The van der Waals surface area contributed by atoms with Gasteiger partial charge in [0.2, 0.25) is 0 Å². The first kappa shape index (κ1) is 26.1. The fraction of sp³-hybridized carbons (Fsp3) is 0.133. The average Bonchev–Trinajstić information content (AvgIpc) is 2.89. The lowest BCUT2D eigenvalue weighted by molar-refractivity contribution is -0.112. The highest BCUT2D eigenvalue weighted by Gasteiger charge is 2.15. The van der Waals surface area contributed by atoms with Gasteiger partial charge in [-0.1, -0.05) is 65.7 Å². The monoisotopic (exact) mass is 530 g/mol. The molecule has 7 heteroatoms. The van der Waals surface area contributed by atoms with Crippen LogP contribution in [-0.4, -0.2) is 12.5 Å². The van der Waals surface area contributed by atoms with E-state index in [-0.39, 0.29) is 5.57 Å². The summed E-state index contributed by atoms with van der Waals surface area (Å²) in [6.45, 7) is 4.40. The number of fused-ring (bicyclic) bond motifs is 1. The molecular formula is C30H24Cl2N2O3. The van der Waals surface area contributed by atoms with Crippen molar-refractivity contribution in [1.82, 2.24) is 0 Å². The lowest BCUT2D eigenvalue weighted by Gasteiger charge is -2.15. The molecule has 1 amide bonds. The zero-order valence-electron chi connectivity index (χ0n) is 20.3. The number of nitrogens with zero attached hydrogens (tertiary/aromatic N) is 1. The van der Waals surface area contributed by atoms with Crippen LogP contribution < -0.4 is 14.8 Å². The summed E-state index contributed by atoms with van der Waals surface area (Å²) in [5, 5.41) is 15.4. The van der Waals surface area contributed by atoms with E-state index in [0.29, 0.717) is 46.0 Å². The van der Waals surface area contributed by atoms with Gasteiger partial charge < -0.3 is 14.8 Å². The van der Waals surface area contributed by atoms with E-state index >= 15 is 0 Å². The van der Waals surface area contributed by atoms with Gasteiger partial charge in [0, 0.05) is 10.7 Å². The Morgan fingerprint density at radius 2 is 1.76 bits per heavy atom. The summed E-state index contributed by atoms with van der Waals surface area (Å²) in [7, 11) is 0. The van der Waals surface area contributed by atoms with E-state index in [9.17, 15) is 10.1 Å². The van der Waals surface area contributed by atoms with Crippen LogP contribution in [0.15, 0.2) is 78.4 Å². The second-order valence-electron chi connectivity index (χ2n) is 8.32. The number of nitriles is 1. The smallest absolute Gasteiger partial charge is 0.266 e. The average molecular weight is 531 g/mol. The third-order valence-corrected chi connectivity index (χ3v) is 6.32. The molecule has 5 nitrogen and oxygen atoms in total. The second kappa shape index (κ2) is 11.8. The van der Waals surface area contributed by atoms with E-state index in [1.807, 2.05) is 44.2 Å². The zero-order chi connectivity index (χ0) is 26.4. The maximum absolute atomic E-state index is 12.7. The minimum absolute atomic E-state index is 0.0972. The van der Waals surface area contributed by atoms with Crippen molar-refractivity contribution >= 4 is 51.6 Å².